The van der Waals surface area contributed by atoms with E-state index in [-0.39, 0.29) is 0 Å². The van der Waals surface area contributed by atoms with Crippen molar-refractivity contribution in [1.29, 1.82) is 0 Å². The third kappa shape index (κ3) is 4.96. The van der Waals surface area contributed by atoms with Crippen LogP contribution in [0.4, 0.5) is 4.79 Å². The number of carbonyl (C=O) groups excluding carboxylic acids is 2. The lowest BCUT2D eigenvalue weighted by atomic mass is 10.2. The molecule has 116 valence electrons. The van der Waals surface area contributed by atoms with E-state index in [4.69, 9.17) is 15.2 Å². The zero-order valence-corrected chi connectivity index (χ0v) is 12.4. The Morgan fingerprint density at radius 3 is 2.62 bits per heavy atom. The molecule has 1 rings (SSSR count). The molecule has 7 nitrogen and oxygen atoms in total. The van der Waals surface area contributed by atoms with E-state index < -0.39 is 18.0 Å². The molecule has 0 aromatic heterocycles. The van der Waals surface area contributed by atoms with Crippen LogP contribution in [0.5, 0.6) is 11.5 Å². The number of hydrogen-bond acceptors (Lipinski definition) is 5. The lowest BCUT2D eigenvalue weighted by Crippen LogP contribution is -2.44. The Labute approximate surface area is 123 Å². The number of nitrogens with one attached hydrogen (secondary N) is 2. The van der Waals surface area contributed by atoms with Gasteiger partial charge in [0.1, 0.15) is 0 Å². The fourth-order valence-electron chi connectivity index (χ4n) is 1.57. The first kappa shape index (κ1) is 16.8. The van der Waals surface area contributed by atoms with Crippen LogP contribution in [-0.2, 0) is 11.3 Å². The Morgan fingerprint density at radius 2 is 2.05 bits per heavy atom. The third-order valence-corrected chi connectivity index (χ3v) is 2.68. The maximum absolute atomic E-state index is 11.8. The minimum atomic E-state index is -0.842. The molecule has 0 aliphatic heterocycles. The average molecular weight is 295 g/mol. The molecule has 0 radical (unpaired) electrons. The zero-order valence-electron chi connectivity index (χ0n) is 12.4. The molecule has 0 aliphatic rings. The summed E-state index contributed by atoms with van der Waals surface area (Å²) >= 11 is 0. The number of carbonyl (C=O) groups is 2. The van der Waals surface area contributed by atoms with Gasteiger partial charge in [-0.1, -0.05) is 6.07 Å². The summed E-state index contributed by atoms with van der Waals surface area (Å²) in [4.78, 5) is 22.8. The Bertz CT molecular complexity index is 505. The molecule has 1 aromatic rings. The van der Waals surface area contributed by atoms with Crippen LogP contribution in [0.15, 0.2) is 18.2 Å². The van der Waals surface area contributed by atoms with E-state index in [0.717, 1.165) is 5.56 Å². The zero-order chi connectivity index (χ0) is 15.8. The largest absolute Gasteiger partial charge is 0.490 e. The third-order valence-electron chi connectivity index (χ3n) is 2.68. The van der Waals surface area contributed by atoms with Crippen LogP contribution in [0.25, 0.3) is 0 Å². The van der Waals surface area contributed by atoms with Gasteiger partial charge in [-0.3, -0.25) is 10.1 Å². The van der Waals surface area contributed by atoms with Crippen LogP contribution in [0.2, 0.25) is 0 Å². The standard InChI is InChI=1S/C14H21N3O4/c1-4-20-12-7-10(8-15)5-6-11(12)21-9(2)13(18)17-14(19)16-3/h5-7,9H,4,8,15H2,1-3H3,(H2,16,17,18,19). The Morgan fingerprint density at radius 1 is 1.33 bits per heavy atom. The first-order chi connectivity index (χ1) is 10.0. The number of imide groups is 1. The molecular formula is C14H21N3O4. The molecule has 4 N–H and O–H groups in total. The predicted molar refractivity (Wildman–Crippen MR) is 78.2 cm³/mol. The van der Waals surface area contributed by atoms with E-state index in [2.05, 4.69) is 10.6 Å². The second-order valence-electron chi connectivity index (χ2n) is 4.25. The molecule has 1 unspecified atom stereocenters. The summed E-state index contributed by atoms with van der Waals surface area (Å²) in [6.45, 7) is 4.24. The molecule has 0 spiro atoms. The van der Waals surface area contributed by atoms with Crippen molar-refractivity contribution in [3.63, 3.8) is 0 Å². The molecule has 0 aliphatic carbocycles. The van der Waals surface area contributed by atoms with E-state index in [9.17, 15) is 9.59 Å². The van der Waals surface area contributed by atoms with Crippen LogP contribution < -0.4 is 25.8 Å². The predicted octanol–water partition coefficient (Wildman–Crippen LogP) is 0.767. The van der Waals surface area contributed by atoms with Gasteiger partial charge in [0.2, 0.25) is 0 Å². The highest BCUT2D eigenvalue weighted by Gasteiger charge is 2.18. The van der Waals surface area contributed by atoms with E-state index in [1.807, 2.05) is 6.92 Å². The maximum atomic E-state index is 11.8. The summed E-state index contributed by atoms with van der Waals surface area (Å²) in [6, 6.07) is 4.67. The highest BCUT2D eigenvalue weighted by Crippen LogP contribution is 2.29. The maximum Gasteiger partial charge on any atom is 0.321 e. The Kier molecular flexibility index (Phi) is 6.48. The smallest absolute Gasteiger partial charge is 0.321 e. The van der Waals surface area contributed by atoms with Gasteiger partial charge in [-0.2, -0.15) is 0 Å². The van der Waals surface area contributed by atoms with E-state index in [0.29, 0.717) is 24.7 Å². The lowest BCUT2D eigenvalue weighted by Gasteiger charge is -2.17. The van der Waals surface area contributed by atoms with Crippen molar-refractivity contribution in [2.24, 2.45) is 5.73 Å². The number of amides is 3. The molecule has 7 heteroatoms. The molecule has 1 atom stereocenters. The van der Waals surface area contributed by atoms with Crippen molar-refractivity contribution >= 4 is 11.9 Å². The number of benzene rings is 1. The van der Waals surface area contributed by atoms with Crippen molar-refractivity contribution in [3.8, 4) is 11.5 Å². The van der Waals surface area contributed by atoms with Gasteiger partial charge >= 0.3 is 6.03 Å². The molecule has 0 saturated carbocycles. The number of rotatable bonds is 6. The second kappa shape index (κ2) is 8.11. The summed E-state index contributed by atoms with van der Waals surface area (Å²) < 4.78 is 11.0. The molecule has 3 amide bonds. The van der Waals surface area contributed by atoms with Gasteiger partial charge in [0.05, 0.1) is 6.61 Å². The van der Waals surface area contributed by atoms with Crippen LogP contribution in [0, 0.1) is 0 Å². The fraction of sp³-hybridized carbons (Fsp3) is 0.429. The molecule has 0 bridgehead atoms. The van der Waals surface area contributed by atoms with Gasteiger partial charge in [-0.05, 0) is 31.5 Å². The molecule has 21 heavy (non-hydrogen) atoms. The minimum Gasteiger partial charge on any atom is -0.490 e. The van der Waals surface area contributed by atoms with E-state index in [1.54, 1.807) is 25.1 Å². The van der Waals surface area contributed by atoms with Crippen LogP contribution >= 0.6 is 0 Å². The SMILES string of the molecule is CCOc1cc(CN)ccc1OC(C)C(=O)NC(=O)NC. The molecule has 0 saturated heterocycles. The lowest BCUT2D eigenvalue weighted by molar-refractivity contribution is -0.126. The highest BCUT2D eigenvalue weighted by atomic mass is 16.5. The topological polar surface area (TPSA) is 103 Å². The first-order valence-electron chi connectivity index (χ1n) is 6.66. The van der Waals surface area contributed by atoms with E-state index in [1.165, 1.54) is 7.05 Å². The first-order valence-corrected chi connectivity index (χ1v) is 6.66. The van der Waals surface area contributed by atoms with Crippen molar-refractivity contribution < 1.29 is 19.1 Å². The van der Waals surface area contributed by atoms with Crippen molar-refractivity contribution in [3.05, 3.63) is 23.8 Å². The van der Waals surface area contributed by atoms with Gasteiger partial charge in [0, 0.05) is 13.6 Å². The van der Waals surface area contributed by atoms with Gasteiger partial charge in [-0.15, -0.1) is 0 Å². The van der Waals surface area contributed by atoms with Crippen molar-refractivity contribution in [1.82, 2.24) is 10.6 Å². The monoisotopic (exact) mass is 295 g/mol. The van der Waals surface area contributed by atoms with Crippen molar-refractivity contribution in [2.45, 2.75) is 26.5 Å². The van der Waals surface area contributed by atoms with Crippen LogP contribution in [0.1, 0.15) is 19.4 Å². The van der Waals surface area contributed by atoms with Crippen molar-refractivity contribution in [2.75, 3.05) is 13.7 Å². The normalized spacial score (nSPS) is 11.4. The van der Waals surface area contributed by atoms with Crippen LogP contribution in [0.3, 0.4) is 0 Å². The fourth-order valence-corrected chi connectivity index (χ4v) is 1.57. The Hall–Kier alpha value is -2.28. The summed E-state index contributed by atoms with van der Waals surface area (Å²) in [5.41, 5.74) is 6.48. The highest BCUT2D eigenvalue weighted by molar-refractivity contribution is 5.96. The number of ether oxygens (including phenoxy) is 2. The van der Waals surface area contributed by atoms with Crippen LogP contribution in [-0.4, -0.2) is 31.7 Å². The van der Waals surface area contributed by atoms with Gasteiger partial charge in [0.15, 0.2) is 17.6 Å². The summed E-state index contributed by atoms with van der Waals surface area (Å²) in [6.07, 6.45) is -0.842. The van der Waals surface area contributed by atoms with Gasteiger partial charge in [-0.25, -0.2) is 4.79 Å². The van der Waals surface area contributed by atoms with Gasteiger partial charge < -0.3 is 20.5 Å². The number of nitrogens with two attached hydrogens (primary N) is 1. The van der Waals surface area contributed by atoms with E-state index >= 15 is 0 Å². The summed E-state index contributed by atoms with van der Waals surface area (Å²) in [7, 11) is 1.42. The quantitative estimate of drug-likeness (QED) is 0.719. The Balaban J connectivity index is 2.81. The average Bonchev–Trinajstić information content (AvgIpc) is 2.48. The number of hydrogen-bond donors (Lipinski definition) is 3. The number of urea groups is 1. The molecule has 0 heterocycles. The molecular weight excluding hydrogens is 274 g/mol. The minimum absolute atomic E-state index is 0.382. The summed E-state index contributed by atoms with van der Waals surface area (Å²) in [5, 5.41) is 4.45. The molecule has 0 fully saturated rings. The van der Waals surface area contributed by atoms with Gasteiger partial charge in [0.25, 0.3) is 5.91 Å². The second-order valence-corrected chi connectivity index (χ2v) is 4.25. The summed E-state index contributed by atoms with van der Waals surface area (Å²) in [5.74, 6) is 0.397. The molecule has 1 aromatic carbocycles.